The van der Waals surface area contributed by atoms with Gasteiger partial charge in [-0.05, 0) is 35.9 Å². The lowest BCUT2D eigenvalue weighted by Gasteiger charge is -2.13. The number of anilines is 1. The Kier molecular flexibility index (Phi) is 5.52. The van der Waals surface area contributed by atoms with Crippen molar-refractivity contribution in [2.45, 2.75) is 9.92 Å². The van der Waals surface area contributed by atoms with Gasteiger partial charge in [-0.1, -0.05) is 41.6 Å². The molecule has 2 N–H and O–H groups in total. The molecule has 0 aliphatic heterocycles. The maximum Gasteiger partial charge on any atom is 0.143 e. The highest BCUT2D eigenvalue weighted by Gasteiger charge is 2.21. The Morgan fingerprint density at radius 3 is 2.37 bits per heavy atom. The number of aromatic nitrogens is 1. The van der Waals surface area contributed by atoms with Crippen LogP contribution in [-0.4, -0.2) is 12.1 Å². The standard InChI is InChI=1S/C20H13ClN4OS/c1-26-14-7-5-12(6-8-14)18-16(10-22)19(24)25-20(17(18)11-23)27-15-4-2-3-13(21)9-15/h2-9H,1H3,(H2,24,25). The first kappa shape index (κ1) is 18.6. The summed E-state index contributed by atoms with van der Waals surface area (Å²) in [6, 6.07) is 18.5. The lowest BCUT2D eigenvalue weighted by Crippen LogP contribution is -2.03. The molecule has 3 rings (SSSR count). The van der Waals surface area contributed by atoms with Crippen molar-refractivity contribution in [1.82, 2.24) is 4.98 Å². The Labute approximate surface area is 166 Å². The Balaban J connectivity index is 2.20. The van der Waals surface area contributed by atoms with Crippen LogP contribution in [0.15, 0.2) is 58.5 Å². The zero-order valence-electron chi connectivity index (χ0n) is 14.2. The van der Waals surface area contributed by atoms with Gasteiger partial charge in [0.15, 0.2) is 0 Å². The molecule has 0 fully saturated rings. The third-order valence-corrected chi connectivity index (χ3v) is 5.02. The molecule has 0 aliphatic rings. The van der Waals surface area contributed by atoms with E-state index in [1.807, 2.05) is 12.1 Å². The van der Waals surface area contributed by atoms with Crippen molar-refractivity contribution in [2.24, 2.45) is 0 Å². The molecule has 0 aliphatic carbocycles. The quantitative estimate of drug-likeness (QED) is 0.679. The van der Waals surface area contributed by atoms with E-state index in [9.17, 15) is 10.5 Å². The summed E-state index contributed by atoms with van der Waals surface area (Å²) in [6.45, 7) is 0. The van der Waals surface area contributed by atoms with E-state index in [2.05, 4.69) is 17.1 Å². The largest absolute Gasteiger partial charge is 0.497 e. The van der Waals surface area contributed by atoms with Crippen molar-refractivity contribution >= 4 is 29.2 Å². The van der Waals surface area contributed by atoms with Gasteiger partial charge in [0.2, 0.25) is 0 Å². The number of nitrogens with zero attached hydrogens (tertiary/aromatic N) is 3. The third-order valence-electron chi connectivity index (χ3n) is 3.80. The van der Waals surface area contributed by atoms with Crippen LogP contribution in [0.2, 0.25) is 5.02 Å². The molecule has 2 aromatic carbocycles. The molecular weight excluding hydrogens is 380 g/mol. The summed E-state index contributed by atoms with van der Waals surface area (Å²) in [6.07, 6.45) is 0. The Hall–Kier alpha value is -3.19. The molecule has 1 aromatic heterocycles. The molecule has 0 radical (unpaired) electrons. The smallest absolute Gasteiger partial charge is 0.143 e. The number of benzene rings is 2. The minimum absolute atomic E-state index is 0.0758. The molecule has 132 valence electrons. The van der Waals surface area contributed by atoms with Crippen LogP contribution < -0.4 is 10.5 Å². The first-order chi connectivity index (χ1) is 13.1. The number of hydrogen-bond acceptors (Lipinski definition) is 6. The second-order valence-electron chi connectivity index (χ2n) is 5.44. The number of hydrogen-bond donors (Lipinski definition) is 1. The van der Waals surface area contributed by atoms with Crippen LogP contribution in [0.25, 0.3) is 11.1 Å². The fraction of sp³-hybridized carbons (Fsp3) is 0.0500. The minimum atomic E-state index is 0.0758. The lowest BCUT2D eigenvalue weighted by molar-refractivity contribution is 0.415. The van der Waals surface area contributed by atoms with Crippen LogP contribution in [0.1, 0.15) is 11.1 Å². The first-order valence-corrected chi connectivity index (χ1v) is 8.98. The number of halogens is 1. The SMILES string of the molecule is COc1ccc(-c2c(C#N)c(N)nc(Sc3cccc(Cl)c3)c2C#N)cc1. The molecule has 7 heteroatoms. The molecule has 0 amide bonds. The van der Waals surface area contributed by atoms with Crippen LogP contribution in [0.4, 0.5) is 5.82 Å². The van der Waals surface area contributed by atoms with E-state index in [4.69, 9.17) is 22.1 Å². The molecule has 0 unspecified atom stereocenters. The summed E-state index contributed by atoms with van der Waals surface area (Å²) in [5.74, 6) is 0.748. The Morgan fingerprint density at radius 1 is 1.07 bits per heavy atom. The maximum absolute atomic E-state index is 9.80. The monoisotopic (exact) mass is 392 g/mol. The van der Waals surface area contributed by atoms with E-state index in [1.54, 1.807) is 43.5 Å². The summed E-state index contributed by atoms with van der Waals surface area (Å²) >= 11 is 7.31. The third kappa shape index (κ3) is 3.83. The van der Waals surface area contributed by atoms with Crippen molar-refractivity contribution in [2.75, 3.05) is 12.8 Å². The van der Waals surface area contributed by atoms with Crippen molar-refractivity contribution in [3.05, 3.63) is 64.7 Å². The van der Waals surface area contributed by atoms with Crippen LogP contribution in [-0.2, 0) is 0 Å². The molecule has 0 atom stereocenters. The summed E-state index contributed by atoms with van der Waals surface area (Å²) in [5, 5.41) is 20.4. The van der Waals surface area contributed by atoms with Crippen LogP contribution >= 0.6 is 23.4 Å². The molecule has 0 spiro atoms. The normalized spacial score (nSPS) is 10.1. The van der Waals surface area contributed by atoms with Crippen LogP contribution in [0.5, 0.6) is 5.75 Å². The highest BCUT2D eigenvalue weighted by molar-refractivity contribution is 7.99. The molecular formula is C20H13ClN4OS. The second-order valence-corrected chi connectivity index (χ2v) is 6.94. The minimum Gasteiger partial charge on any atom is -0.497 e. The fourth-order valence-corrected chi connectivity index (χ4v) is 3.76. The maximum atomic E-state index is 9.80. The number of pyridine rings is 1. The van der Waals surface area contributed by atoms with Gasteiger partial charge in [0.1, 0.15) is 34.3 Å². The molecule has 27 heavy (non-hydrogen) atoms. The lowest BCUT2D eigenvalue weighted by atomic mass is 9.97. The van der Waals surface area contributed by atoms with Crippen molar-refractivity contribution < 1.29 is 4.74 Å². The average Bonchev–Trinajstić information content (AvgIpc) is 2.67. The highest BCUT2D eigenvalue weighted by atomic mass is 35.5. The fourth-order valence-electron chi connectivity index (χ4n) is 2.56. The predicted octanol–water partition coefficient (Wildman–Crippen LogP) is 4.89. The topological polar surface area (TPSA) is 95.7 Å². The molecule has 5 nitrogen and oxygen atoms in total. The second kappa shape index (κ2) is 8.01. The zero-order valence-corrected chi connectivity index (χ0v) is 15.8. The van der Waals surface area contributed by atoms with Crippen LogP contribution in [0, 0.1) is 22.7 Å². The van der Waals surface area contributed by atoms with E-state index >= 15 is 0 Å². The van der Waals surface area contributed by atoms with Gasteiger partial charge in [-0.25, -0.2) is 4.98 Å². The van der Waals surface area contributed by atoms with E-state index in [-0.39, 0.29) is 16.9 Å². The summed E-state index contributed by atoms with van der Waals surface area (Å²) < 4.78 is 5.17. The van der Waals surface area contributed by atoms with E-state index < -0.39 is 0 Å². The van der Waals surface area contributed by atoms with Gasteiger partial charge < -0.3 is 10.5 Å². The van der Waals surface area contributed by atoms with Gasteiger partial charge in [-0.3, -0.25) is 0 Å². The zero-order chi connectivity index (χ0) is 19.4. The summed E-state index contributed by atoms with van der Waals surface area (Å²) in [7, 11) is 1.57. The number of nitriles is 2. The molecule has 0 bridgehead atoms. The number of methoxy groups -OCH3 is 1. The van der Waals surface area contributed by atoms with Gasteiger partial charge in [-0.15, -0.1) is 0 Å². The Bertz CT molecular complexity index is 1080. The van der Waals surface area contributed by atoms with Crippen molar-refractivity contribution in [1.29, 1.82) is 10.5 Å². The summed E-state index contributed by atoms with van der Waals surface area (Å²) in [4.78, 5) is 5.10. The summed E-state index contributed by atoms with van der Waals surface area (Å²) in [5.41, 5.74) is 7.63. The predicted molar refractivity (Wildman–Crippen MR) is 106 cm³/mol. The van der Waals surface area contributed by atoms with Gasteiger partial charge in [0.05, 0.1) is 12.7 Å². The molecule has 3 aromatic rings. The molecule has 0 saturated carbocycles. The number of ether oxygens (including phenoxy) is 1. The van der Waals surface area contributed by atoms with Gasteiger partial charge in [-0.2, -0.15) is 10.5 Å². The molecule has 1 heterocycles. The number of nitrogens with two attached hydrogens (primary N) is 1. The number of rotatable bonds is 4. The number of nitrogen functional groups attached to an aromatic ring is 1. The van der Waals surface area contributed by atoms with Crippen molar-refractivity contribution in [3.8, 4) is 29.0 Å². The average molecular weight is 393 g/mol. The first-order valence-electron chi connectivity index (χ1n) is 7.79. The Morgan fingerprint density at radius 2 is 1.78 bits per heavy atom. The van der Waals surface area contributed by atoms with Crippen LogP contribution in [0.3, 0.4) is 0 Å². The van der Waals surface area contributed by atoms with E-state index in [1.165, 1.54) is 11.8 Å². The van der Waals surface area contributed by atoms with Gasteiger partial charge in [0, 0.05) is 15.5 Å². The highest BCUT2D eigenvalue weighted by Crippen LogP contribution is 2.38. The molecule has 0 saturated heterocycles. The van der Waals surface area contributed by atoms with Crippen molar-refractivity contribution in [3.63, 3.8) is 0 Å². The van der Waals surface area contributed by atoms with E-state index in [0.29, 0.717) is 26.9 Å². The van der Waals surface area contributed by atoms with Gasteiger partial charge in [0.25, 0.3) is 0 Å². The van der Waals surface area contributed by atoms with E-state index in [0.717, 1.165) is 4.90 Å². The van der Waals surface area contributed by atoms with Gasteiger partial charge >= 0.3 is 0 Å².